The fraction of sp³-hybridized carbons (Fsp3) is 0. The molecule has 0 spiro atoms. The third-order valence-corrected chi connectivity index (χ3v) is 3.81. The predicted octanol–water partition coefficient (Wildman–Crippen LogP) is 5.57. The summed E-state index contributed by atoms with van der Waals surface area (Å²) in [5.41, 5.74) is 3.73. The van der Waals surface area contributed by atoms with Crippen molar-refractivity contribution in [3.05, 3.63) is 82.8 Å². The number of phenolic OH excluding ortho intramolecular Hbond substituents is 1. The highest BCUT2D eigenvalue weighted by atomic mass is 79.9. The second-order valence-corrected chi connectivity index (χ2v) is 5.76. The molecule has 0 amide bonds. The van der Waals surface area contributed by atoms with E-state index in [0.29, 0.717) is 5.56 Å². The average Bonchev–Trinajstić information content (AvgIpc) is 2.57. The van der Waals surface area contributed by atoms with Crippen molar-refractivity contribution in [3.8, 4) is 16.9 Å². The van der Waals surface area contributed by atoms with Crippen LogP contribution in [-0.2, 0) is 0 Å². The first-order valence-electron chi connectivity index (χ1n) is 6.91. The molecule has 0 aliphatic carbocycles. The zero-order valence-electron chi connectivity index (χ0n) is 11.8. The summed E-state index contributed by atoms with van der Waals surface area (Å²) in [6.45, 7) is 0. The summed E-state index contributed by atoms with van der Waals surface area (Å²) < 4.78 is 0.906. The monoisotopic (exact) mass is 351 g/mol. The minimum Gasteiger partial charge on any atom is -0.507 e. The fourth-order valence-electron chi connectivity index (χ4n) is 2.22. The summed E-state index contributed by atoms with van der Waals surface area (Å²) in [6.07, 6.45) is 1.68. The van der Waals surface area contributed by atoms with E-state index in [1.165, 1.54) is 0 Å². The molecule has 0 aromatic heterocycles. The van der Waals surface area contributed by atoms with E-state index in [9.17, 15) is 5.11 Å². The maximum absolute atomic E-state index is 9.89. The van der Waals surface area contributed by atoms with Gasteiger partial charge in [0.25, 0.3) is 0 Å². The molecule has 0 bridgehead atoms. The average molecular weight is 352 g/mol. The van der Waals surface area contributed by atoms with E-state index in [1.54, 1.807) is 18.3 Å². The van der Waals surface area contributed by atoms with E-state index in [-0.39, 0.29) is 5.75 Å². The highest BCUT2D eigenvalue weighted by molar-refractivity contribution is 9.10. The maximum Gasteiger partial charge on any atom is 0.124 e. The largest absolute Gasteiger partial charge is 0.507 e. The highest BCUT2D eigenvalue weighted by Gasteiger charge is 2.03. The Morgan fingerprint density at radius 1 is 0.864 bits per heavy atom. The van der Waals surface area contributed by atoms with E-state index in [2.05, 4.69) is 33.1 Å². The van der Waals surface area contributed by atoms with Crippen LogP contribution in [0.5, 0.6) is 5.75 Å². The van der Waals surface area contributed by atoms with Gasteiger partial charge in [-0.2, -0.15) is 0 Å². The second kappa shape index (κ2) is 6.58. The molecule has 0 atom stereocenters. The lowest BCUT2D eigenvalue weighted by atomic mass is 10.0. The van der Waals surface area contributed by atoms with Crippen LogP contribution < -0.4 is 0 Å². The summed E-state index contributed by atoms with van der Waals surface area (Å²) in [6, 6.07) is 23.4. The number of hydrogen-bond acceptors (Lipinski definition) is 2. The van der Waals surface area contributed by atoms with Gasteiger partial charge >= 0.3 is 0 Å². The van der Waals surface area contributed by atoms with Gasteiger partial charge in [0.15, 0.2) is 0 Å². The normalized spacial score (nSPS) is 11.0. The summed E-state index contributed by atoms with van der Waals surface area (Å²) >= 11 is 3.40. The Morgan fingerprint density at radius 3 is 2.41 bits per heavy atom. The van der Waals surface area contributed by atoms with Crippen LogP contribution in [0.4, 0.5) is 5.69 Å². The molecule has 0 fully saturated rings. The third kappa shape index (κ3) is 3.26. The first-order chi connectivity index (χ1) is 10.7. The van der Waals surface area contributed by atoms with Crippen LogP contribution in [0.3, 0.4) is 0 Å². The highest BCUT2D eigenvalue weighted by Crippen LogP contribution is 2.30. The molecule has 0 saturated carbocycles. The molecular weight excluding hydrogens is 338 g/mol. The number of phenols is 1. The molecular formula is C19H14BrNO. The van der Waals surface area contributed by atoms with Gasteiger partial charge in [0, 0.05) is 21.8 Å². The van der Waals surface area contributed by atoms with Gasteiger partial charge in [0.05, 0.1) is 5.69 Å². The Balaban J connectivity index is 2.00. The Hall–Kier alpha value is -2.39. The molecule has 3 aromatic carbocycles. The van der Waals surface area contributed by atoms with Crippen LogP contribution in [0, 0.1) is 0 Å². The number of aromatic hydroxyl groups is 1. The number of aliphatic imine (C=N–C) groups is 1. The first kappa shape index (κ1) is 14.5. The van der Waals surface area contributed by atoms with Gasteiger partial charge in [-0.3, -0.25) is 4.99 Å². The van der Waals surface area contributed by atoms with Gasteiger partial charge < -0.3 is 5.11 Å². The molecule has 108 valence electrons. The number of rotatable bonds is 3. The molecule has 2 nitrogen and oxygen atoms in total. The van der Waals surface area contributed by atoms with E-state index in [1.807, 2.05) is 48.5 Å². The van der Waals surface area contributed by atoms with Crippen LogP contribution in [-0.4, -0.2) is 11.3 Å². The van der Waals surface area contributed by atoms with Gasteiger partial charge in [-0.05, 0) is 29.8 Å². The molecule has 3 rings (SSSR count). The Kier molecular flexibility index (Phi) is 4.35. The number of benzene rings is 3. The topological polar surface area (TPSA) is 32.6 Å². The molecule has 0 saturated heterocycles. The number of nitrogens with zero attached hydrogens (tertiary/aromatic N) is 1. The lowest BCUT2D eigenvalue weighted by molar-refractivity contribution is 0.474. The minimum absolute atomic E-state index is 0.212. The molecule has 0 unspecified atom stereocenters. The van der Waals surface area contributed by atoms with Crippen molar-refractivity contribution in [1.29, 1.82) is 0 Å². The van der Waals surface area contributed by atoms with Gasteiger partial charge in [0.2, 0.25) is 0 Å². The standard InChI is InChI=1S/C19H14BrNO/c20-16-10-11-19(22)15(12-16)13-21-18-9-5-4-8-17(18)14-6-2-1-3-7-14/h1-13,22H. The van der Waals surface area contributed by atoms with Gasteiger partial charge in [0.1, 0.15) is 5.75 Å². The number of para-hydroxylation sites is 1. The first-order valence-corrected chi connectivity index (χ1v) is 7.70. The van der Waals surface area contributed by atoms with Crippen molar-refractivity contribution >= 4 is 27.8 Å². The van der Waals surface area contributed by atoms with Crippen molar-refractivity contribution in [2.45, 2.75) is 0 Å². The van der Waals surface area contributed by atoms with E-state index in [0.717, 1.165) is 21.3 Å². The minimum atomic E-state index is 0.212. The SMILES string of the molecule is Oc1ccc(Br)cc1C=Nc1ccccc1-c1ccccc1. The molecule has 0 aliphatic heterocycles. The molecule has 3 aromatic rings. The van der Waals surface area contributed by atoms with Crippen LogP contribution in [0.15, 0.2) is 82.3 Å². The molecule has 0 radical (unpaired) electrons. The summed E-state index contributed by atoms with van der Waals surface area (Å²) in [5, 5.41) is 9.89. The number of halogens is 1. The van der Waals surface area contributed by atoms with Crippen LogP contribution in [0.1, 0.15) is 5.56 Å². The Morgan fingerprint density at radius 2 is 1.59 bits per heavy atom. The van der Waals surface area contributed by atoms with Crippen LogP contribution in [0.2, 0.25) is 0 Å². The van der Waals surface area contributed by atoms with E-state index in [4.69, 9.17) is 0 Å². The van der Waals surface area contributed by atoms with Crippen molar-refractivity contribution < 1.29 is 5.11 Å². The predicted molar refractivity (Wildman–Crippen MR) is 94.9 cm³/mol. The summed E-state index contributed by atoms with van der Waals surface area (Å²) in [4.78, 5) is 4.55. The maximum atomic E-state index is 9.89. The quantitative estimate of drug-likeness (QED) is 0.614. The molecule has 3 heteroatoms. The Labute approximate surface area is 137 Å². The molecule has 0 aliphatic rings. The van der Waals surface area contributed by atoms with E-state index >= 15 is 0 Å². The lowest BCUT2D eigenvalue weighted by Crippen LogP contribution is -1.84. The Bertz CT molecular complexity index is 813. The van der Waals surface area contributed by atoms with Crippen LogP contribution >= 0.6 is 15.9 Å². The van der Waals surface area contributed by atoms with Crippen molar-refractivity contribution in [1.82, 2.24) is 0 Å². The van der Waals surface area contributed by atoms with Gasteiger partial charge in [-0.15, -0.1) is 0 Å². The van der Waals surface area contributed by atoms with Crippen molar-refractivity contribution in [3.63, 3.8) is 0 Å². The second-order valence-electron chi connectivity index (χ2n) is 4.84. The van der Waals surface area contributed by atoms with Crippen LogP contribution in [0.25, 0.3) is 11.1 Å². The lowest BCUT2D eigenvalue weighted by Gasteiger charge is -2.06. The van der Waals surface area contributed by atoms with Gasteiger partial charge in [-0.1, -0.05) is 64.5 Å². The third-order valence-electron chi connectivity index (χ3n) is 3.32. The fourth-order valence-corrected chi connectivity index (χ4v) is 2.59. The summed E-state index contributed by atoms with van der Waals surface area (Å²) in [5.74, 6) is 0.212. The number of hydrogen-bond donors (Lipinski definition) is 1. The molecule has 1 N–H and O–H groups in total. The molecule has 22 heavy (non-hydrogen) atoms. The van der Waals surface area contributed by atoms with Crippen molar-refractivity contribution in [2.24, 2.45) is 4.99 Å². The van der Waals surface area contributed by atoms with E-state index < -0.39 is 0 Å². The molecule has 0 heterocycles. The zero-order chi connectivity index (χ0) is 15.4. The van der Waals surface area contributed by atoms with Crippen molar-refractivity contribution in [2.75, 3.05) is 0 Å². The zero-order valence-corrected chi connectivity index (χ0v) is 13.4. The summed E-state index contributed by atoms with van der Waals surface area (Å²) in [7, 11) is 0. The van der Waals surface area contributed by atoms with Gasteiger partial charge in [-0.25, -0.2) is 0 Å². The smallest absolute Gasteiger partial charge is 0.124 e.